The standard InChI is InChI=1S/C17H24N4O3S2/c22-16(19-20-17(25)18-14-5-1-2-6-14)13-7-9-15(10-8-13)26(23,24)21-11-3-4-12-21/h7-10,14H,1-6,11-12H2,(H,19,22)(H2,18,20,25). The Labute approximate surface area is 159 Å². The molecule has 9 heteroatoms. The third kappa shape index (κ3) is 4.52. The van der Waals surface area contributed by atoms with Gasteiger partial charge in [-0.05, 0) is 62.2 Å². The molecule has 1 amide bonds. The van der Waals surface area contributed by atoms with Gasteiger partial charge in [0.15, 0.2) is 5.11 Å². The molecular weight excluding hydrogens is 372 g/mol. The Morgan fingerprint density at radius 2 is 1.62 bits per heavy atom. The molecule has 0 radical (unpaired) electrons. The molecule has 1 aliphatic heterocycles. The van der Waals surface area contributed by atoms with Gasteiger partial charge in [0.1, 0.15) is 0 Å². The molecule has 0 bridgehead atoms. The Balaban J connectivity index is 1.54. The predicted octanol–water partition coefficient (Wildman–Crippen LogP) is 1.52. The van der Waals surface area contributed by atoms with Crippen molar-refractivity contribution in [2.45, 2.75) is 49.5 Å². The largest absolute Gasteiger partial charge is 0.359 e. The molecule has 1 aromatic carbocycles. The maximum atomic E-state index is 12.5. The van der Waals surface area contributed by atoms with Crippen molar-refractivity contribution in [3.63, 3.8) is 0 Å². The Morgan fingerprint density at radius 3 is 2.23 bits per heavy atom. The second-order valence-corrected chi connectivity index (χ2v) is 9.02. The maximum absolute atomic E-state index is 12.5. The van der Waals surface area contributed by atoms with Gasteiger partial charge in [-0.2, -0.15) is 4.31 Å². The molecule has 142 valence electrons. The van der Waals surface area contributed by atoms with Crippen molar-refractivity contribution in [1.82, 2.24) is 20.5 Å². The normalized spacial score (nSPS) is 18.6. The van der Waals surface area contributed by atoms with Gasteiger partial charge in [0.05, 0.1) is 4.90 Å². The van der Waals surface area contributed by atoms with Gasteiger partial charge in [-0.1, -0.05) is 12.8 Å². The van der Waals surface area contributed by atoms with E-state index in [4.69, 9.17) is 12.2 Å². The Bertz CT molecular complexity index is 753. The number of thiocarbonyl (C=S) groups is 1. The van der Waals surface area contributed by atoms with Crippen LogP contribution in [0.25, 0.3) is 0 Å². The summed E-state index contributed by atoms with van der Waals surface area (Å²) in [5.74, 6) is -0.370. The first-order valence-electron chi connectivity index (χ1n) is 8.94. The molecule has 1 heterocycles. The van der Waals surface area contributed by atoms with Gasteiger partial charge < -0.3 is 5.32 Å². The number of carbonyl (C=O) groups excluding carboxylic acids is 1. The molecule has 1 aromatic rings. The van der Waals surface area contributed by atoms with Gasteiger partial charge in [-0.25, -0.2) is 8.42 Å². The van der Waals surface area contributed by atoms with E-state index in [-0.39, 0.29) is 10.8 Å². The highest BCUT2D eigenvalue weighted by Crippen LogP contribution is 2.21. The highest BCUT2D eigenvalue weighted by atomic mass is 32.2. The molecule has 1 saturated carbocycles. The van der Waals surface area contributed by atoms with Crippen LogP contribution in [-0.4, -0.2) is 42.9 Å². The minimum Gasteiger partial charge on any atom is -0.359 e. The number of nitrogens with one attached hydrogen (secondary N) is 3. The first-order chi connectivity index (χ1) is 12.5. The summed E-state index contributed by atoms with van der Waals surface area (Å²) in [5, 5.41) is 3.55. The number of hydrazine groups is 1. The first kappa shape index (κ1) is 19.1. The molecule has 1 saturated heterocycles. The Kier molecular flexibility index (Phi) is 6.10. The fourth-order valence-corrected chi connectivity index (χ4v) is 5.07. The van der Waals surface area contributed by atoms with E-state index in [0.717, 1.165) is 25.7 Å². The number of sulfonamides is 1. The molecule has 2 fully saturated rings. The molecule has 3 N–H and O–H groups in total. The van der Waals surface area contributed by atoms with Crippen molar-refractivity contribution in [1.29, 1.82) is 0 Å². The van der Waals surface area contributed by atoms with Gasteiger partial charge in [0, 0.05) is 24.7 Å². The van der Waals surface area contributed by atoms with Gasteiger partial charge in [-0.15, -0.1) is 0 Å². The lowest BCUT2D eigenvalue weighted by Crippen LogP contribution is -2.49. The number of rotatable bonds is 4. The lowest BCUT2D eigenvalue weighted by molar-refractivity contribution is 0.0943. The van der Waals surface area contributed by atoms with Crippen LogP contribution < -0.4 is 16.2 Å². The molecule has 7 nitrogen and oxygen atoms in total. The lowest BCUT2D eigenvalue weighted by atomic mass is 10.2. The minimum absolute atomic E-state index is 0.210. The maximum Gasteiger partial charge on any atom is 0.269 e. The van der Waals surface area contributed by atoms with E-state index >= 15 is 0 Å². The van der Waals surface area contributed by atoms with Crippen LogP contribution >= 0.6 is 12.2 Å². The zero-order valence-corrected chi connectivity index (χ0v) is 16.2. The smallest absolute Gasteiger partial charge is 0.269 e. The second kappa shape index (κ2) is 8.32. The van der Waals surface area contributed by atoms with E-state index in [1.165, 1.54) is 41.4 Å². The predicted molar refractivity (Wildman–Crippen MR) is 103 cm³/mol. The molecule has 0 aromatic heterocycles. The zero-order chi connectivity index (χ0) is 18.6. The lowest BCUT2D eigenvalue weighted by Gasteiger charge is -2.17. The van der Waals surface area contributed by atoms with Gasteiger partial charge >= 0.3 is 0 Å². The van der Waals surface area contributed by atoms with Gasteiger partial charge in [0.25, 0.3) is 5.91 Å². The molecular formula is C17H24N4O3S2. The molecule has 0 unspecified atom stereocenters. The van der Waals surface area contributed by atoms with E-state index in [2.05, 4.69) is 16.2 Å². The third-order valence-electron chi connectivity index (χ3n) is 4.80. The zero-order valence-electron chi connectivity index (χ0n) is 14.5. The number of benzene rings is 1. The van der Waals surface area contributed by atoms with Crippen LogP contribution in [0.4, 0.5) is 0 Å². The average molecular weight is 397 g/mol. The molecule has 0 spiro atoms. The van der Waals surface area contributed by atoms with Crippen molar-refractivity contribution in [2.75, 3.05) is 13.1 Å². The van der Waals surface area contributed by atoms with Gasteiger partial charge in [0.2, 0.25) is 10.0 Å². The highest BCUT2D eigenvalue weighted by Gasteiger charge is 2.27. The summed E-state index contributed by atoms with van der Waals surface area (Å²) in [5.41, 5.74) is 5.59. The number of hydrogen-bond donors (Lipinski definition) is 3. The molecule has 3 rings (SSSR count). The Morgan fingerprint density at radius 1 is 1.00 bits per heavy atom. The fourth-order valence-electron chi connectivity index (χ4n) is 3.33. The Hall–Kier alpha value is -1.71. The van der Waals surface area contributed by atoms with Crippen molar-refractivity contribution < 1.29 is 13.2 Å². The summed E-state index contributed by atoms with van der Waals surface area (Å²) in [4.78, 5) is 12.4. The van der Waals surface area contributed by atoms with Crippen LogP contribution in [0.3, 0.4) is 0 Å². The number of hydrogen-bond acceptors (Lipinski definition) is 4. The number of amides is 1. The van der Waals surface area contributed by atoms with Crippen molar-refractivity contribution in [3.8, 4) is 0 Å². The summed E-state index contributed by atoms with van der Waals surface area (Å²) < 4.78 is 26.4. The second-order valence-electron chi connectivity index (χ2n) is 6.67. The van der Waals surface area contributed by atoms with Crippen molar-refractivity contribution >= 4 is 33.3 Å². The van der Waals surface area contributed by atoms with Crippen LogP contribution in [0.1, 0.15) is 48.9 Å². The molecule has 1 aliphatic carbocycles. The summed E-state index contributed by atoms with van der Waals surface area (Å²) in [6.45, 7) is 1.11. The summed E-state index contributed by atoms with van der Waals surface area (Å²) in [6, 6.07) is 6.32. The number of nitrogens with zero attached hydrogens (tertiary/aromatic N) is 1. The van der Waals surface area contributed by atoms with Crippen LogP contribution in [-0.2, 0) is 10.0 Å². The summed E-state index contributed by atoms with van der Waals surface area (Å²) in [7, 11) is -3.47. The molecule has 26 heavy (non-hydrogen) atoms. The number of carbonyl (C=O) groups is 1. The monoisotopic (exact) mass is 396 g/mol. The molecule has 0 atom stereocenters. The highest BCUT2D eigenvalue weighted by molar-refractivity contribution is 7.89. The SMILES string of the molecule is O=C(NNC(=S)NC1CCCC1)c1ccc(S(=O)(=O)N2CCCC2)cc1. The topological polar surface area (TPSA) is 90.5 Å². The quantitative estimate of drug-likeness (QED) is 0.528. The third-order valence-corrected chi connectivity index (χ3v) is 6.93. The first-order valence-corrected chi connectivity index (χ1v) is 10.8. The minimum atomic E-state index is -3.47. The van der Waals surface area contributed by atoms with Crippen LogP contribution in [0.15, 0.2) is 29.2 Å². The van der Waals surface area contributed by atoms with Crippen LogP contribution in [0.5, 0.6) is 0 Å². The fraction of sp³-hybridized carbons (Fsp3) is 0.529. The summed E-state index contributed by atoms with van der Waals surface area (Å²) in [6.07, 6.45) is 6.34. The van der Waals surface area contributed by atoms with E-state index in [0.29, 0.717) is 29.8 Å². The van der Waals surface area contributed by atoms with Crippen molar-refractivity contribution in [3.05, 3.63) is 29.8 Å². The average Bonchev–Trinajstić information content (AvgIpc) is 3.34. The summed E-state index contributed by atoms with van der Waals surface area (Å²) >= 11 is 5.17. The van der Waals surface area contributed by atoms with Crippen molar-refractivity contribution in [2.24, 2.45) is 0 Å². The van der Waals surface area contributed by atoms with Gasteiger partial charge in [-0.3, -0.25) is 15.6 Å². The van der Waals surface area contributed by atoms with E-state index in [1.54, 1.807) is 0 Å². The van der Waals surface area contributed by atoms with E-state index < -0.39 is 10.0 Å². The van der Waals surface area contributed by atoms with Crippen LogP contribution in [0.2, 0.25) is 0 Å². The van der Waals surface area contributed by atoms with Crippen LogP contribution in [0, 0.1) is 0 Å². The molecule has 2 aliphatic rings. The van der Waals surface area contributed by atoms with E-state index in [1.807, 2.05) is 0 Å². The van der Waals surface area contributed by atoms with E-state index in [9.17, 15) is 13.2 Å².